The first kappa shape index (κ1) is 9.92. The van der Waals surface area contributed by atoms with E-state index in [0.717, 1.165) is 11.5 Å². The van der Waals surface area contributed by atoms with Gasteiger partial charge in [0.25, 0.3) is 0 Å². The zero-order valence-electron chi connectivity index (χ0n) is 8.23. The van der Waals surface area contributed by atoms with Gasteiger partial charge in [0.1, 0.15) is 5.82 Å². The van der Waals surface area contributed by atoms with Crippen LogP contribution in [0, 0.1) is 6.92 Å². The monoisotopic (exact) mass is 181 g/mol. The van der Waals surface area contributed by atoms with Crippen LogP contribution in [0.2, 0.25) is 0 Å². The lowest BCUT2D eigenvalue weighted by molar-refractivity contribution is 0.201. The van der Waals surface area contributed by atoms with Crippen LogP contribution < -0.4 is 4.90 Å². The highest BCUT2D eigenvalue weighted by Gasteiger charge is 2.08. The number of rotatable bonds is 3. The lowest BCUT2D eigenvalue weighted by atomic mass is 10.3. The highest BCUT2D eigenvalue weighted by atomic mass is 16.3. The van der Waals surface area contributed by atoms with Crippen molar-refractivity contribution in [2.24, 2.45) is 0 Å². The first-order chi connectivity index (χ1) is 6.11. The molecule has 1 rings (SSSR count). The van der Waals surface area contributed by atoms with Crippen molar-refractivity contribution in [1.29, 1.82) is 0 Å². The van der Waals surface area contributed by atoms with Crippen molar-refractivity contribution >= 4 is 5.82 Å². The smallest absolute Gasteiger partial charge is 0.149 e. The van der Waals surface area contributed by atoms with E-state index in [1.807, 2.05) is 18.9 Å². The fourth-order valence-electron chi connectivity index (χ4n) is 1.26. The lowest BCUT2D eigenvalue weighted by Gasteiger charge is -2.20. The Labute approximate surface area is 78.2 Å². The number of anilines is 1. The second-order valence-electron chi connectivity index (χ2n) is 3.19. The third-order valence-electron chi connectivity index (χ3n) is 1.75. The summed E-state index contributed by atoms with van der Waals surface area (Å²) in [6, 6.07) is 0. The minimum Gasteiger partial charge on any atom is -0.392 e. The van der Waals surface area contributed by atoms with Gasteiger partial charge in [-0.05, 0) is 13.8 Å². The quantitative estimate of drug-likeness (QED) is 0.742. The number of aromatic nitrogens is 2. The van der Waals surface area contributed by atoms with Crippen molar-refractivity contribution in [3.8, 4) is 0 Å². The van der Waals surface area contributed by atoms with E-state index in [0.29, 0.717) is 6.54 Å². The highest BCUT2D eigenvalue weighted by Crippen LogP contribution is 2.11. The molecule has 1 aromatic rings. The van der Waals surface area contributed by atoms with Gasteiger partial charge in [-0.15, -0.1) is 0 Å². The standard InChI is InChI=1S/C9H15N3O/c1-7(13)6-12(3)9-8(2)10-4-5-11-9/h4-5,7,13H,6H2,1-3H3. The van der Waals surface area contributed by atoms with Crippen LogP contribution in [-0.2, 0) is 0 Å². The summed E-state index contributed by atoms with van der Waals surface area (Å²) in [5.41, 5.74) is 0.880. The van der Waals surface area contributed by atoms with Crippen molar-refractivity contribution in [3.63, 3.8) is 0 Å². The third kappa shape index (κ3) is 2.66. The highest BCUT2D eigenvalue weighted by molar-refractivity contribution is 5.41. The summed E-state index contributed by atoms with van der Waals surface area (Å²) in [5.74, 6) is 0.823. The molecule has 13 heavy (non-hydrogen) atoms. The molecule has 0 saturated carbocycles. The van der Waals surface area contributed by atoms with Crippen LogP contribution in [0.1, 0.15) is 12.6 Å². The molecule has 0 aliphatic heterocycles. The van der Waals surface area contributed by atoms with Crippen LogP contribution in [0.15, 0.2) is 12.4 Å². The molecular formula is C9H15N3O. The molecule has 1 atom stereocenters. The minimum absolute atomic E-state index is 0.355. The predicted octanol–water partition coefficient (Wildman–Crippen LogP) is 0.602. The summed E-state index contributed by atoms with van der Waals surface area (Å²) >= 11 is 0. The number of aliphatic hydroxyl groups is 1. The molecular weight excluding hydrogens is 166 g/mol. The zero-order valence-corrected chi connectivity index (χ0v) is 8.23. The van der Waals surface area contributed by atoms with Crippen LogP contribution in [0.3, 0.4) is 0 Å². The van der Waals surface area contributed by atoms with Crippen LogP contribution in [-0.4, -0.2) is 34.8 Å². The summed E-state index contributed by atoms with van der Waals surface area (Å²) in [7, 11) is 1.89. The second kappa shape index (κ2) is 4.18. The first-order valence-corrected chi connectivity index (χ1v) is 4.28. The molecule has 0 amide bonds. The van der Waals surface area contributed by atoms with Gasteiger partial charge in [-0.1, -0.05) is 0 Å². The van der Waals surface area contributed by atoms with Crippen LogP contribution in [0.5, 0.6) is 0 Å². The fourth-order valence-corrected chi connectivity index (χ4v) is 1.26. The number of hydrogen-bond acceptors (Lipinski definition) is 4. The van der Waals surface area contributed by atoms with E-state index < -0.39 is 0 Å². The zero-order chi connectivity index (χ0) is 9.84. The molecule has 0 radical (unpaired) electrons. The predicted molar refractivity (Wildman–Crippen MR) is 51.7 cm³/mol. The Morgan fingerprint density at radius 1 is 1.46 bits per heavy atom. The Hall–Kier alpha value is -1.16. The lowest BCUT2D eigenvalue weighted by Crippen LogP contribution is -2.28. The molecule has 72 valence electrons. The third-order valence-corrected chi connectivity index (χ3v) is 1.75. The molecule has 1 unspecified atom stereocenters. The van der Waals surface area contributed by atoms with Gasteiger partial charge in [-0.3, -0.25) is 4.98 Å². The van der Waals surface area contributed by atoms with Crippen molar-refractivity contribution in [1.82, 2.24) is 9.97 Å². The van der Waals surface area contributed by atoms with Gasteiger partial charge in [0.05, 0.1) is 11.8 Å². The average molecular weight is 181 g/mol. The van der Waals surface area contributed by atoms with E-state index in [1.165, 1.54) is 0 Å². The number of aliphatic hydroxyl groups excluding tert-OH is 1. The number of likely N-dealkylation sites (N-methyl/N-ethyl adjacent to an activating group) is 1. The van der Waals surface area contributed by atoms with Crippen molar-refractivity contribution in [3.05, 3.63) is 18.1 Å². The number of aryl methyl sites for hydroxylation is 1. The van der Waals surface area contributed by atoms with Crippen LogP contribution in [0.4, 0.5) is 5.82 Å². The summed E-state index contributed by atoms with van der Waals surface area (Å²) in [6.45, 7) is 4.22. The van der Waals surface area contributed by atoms with Gasteiger partial charge < -0.3 is 10.0 Å². The maximum absolute atomic E-state index is 9.19. The Kier molecular flexibility index (Phi) is 3.19. The molecule has 0 saturated heterocycles. The molecule has 0 bridgehead atoms. The van der Waals surface area contributed by atoms with E-state index in [9.17, 15) is 5.11 Å². The topological polar surface area (TPSA) is 49.2 Å². The Morgan fingerprint density at radius 3 is 2.62 bits per heavy atom. The molecule has 0 aliphatic rings. The molecule has 0 fully saturated rings. The normalized spacial score (nSPS) is 12.6. The van der Waals surface area contributed by atoms with Gasteiger partial charge in [0.2, 0.25) is 0 Å². The number of nitrogens with zero attached hydrogens (tertiary/aromatic N) is 3. The first-order valence-electron chi connectivity index (χ1n) is 4.28. The molecule has 4 nitrogen and oxygen atoms in total. The van der Waals surface area contributed by atoms with E-state index in [-0.39, 0.29) is 6.10 Å². The Morgan fingerprint density at radius 2 is 2.08 bits per heavy atom. The average Bonchev–Trinajstić information content (AvgIpc) is 2.03. The van der Waals surface area contributed by atoms with Gasteiger partial charge in [-0.25, -0.2) is 4.98 Å². The molecule has 0 spiro atoms. The Balaban J connectivity index is 2.76. The summed E-state index contributed by atoms with van der Waals surface area (Å²) in [5, 5.41) is 9.19. The summed E-state index contributed by atoms with van der Waals surface area (Å²) < 4.78 is 0. The molecule has 4 heteroatoms. The van der Waals surface area contributed by atoms with Crippen molar-refractivity contribution in [2.75, 3.05) is 18.5 Å². The van der Waals surface area contributed by atoms with Gasteiger partial charge in [0.15, 0.2) is 0 Å². The SMILES string of the molecule is Cc1nccnc1N(C)CC(C)O. The van der Waals surface area contributed by atoms with Crippen molar-refractivity contribution in [2.45, 2.75) is 20.0 Å². The molecule has 0 aliphatic carbocycles. The molecule has 1 aromatic heterocycles. The maximum Gasteiger partial charge on any atom is 0.149 e. The van der Waals surface area contributed by atoms with E-state index >= 15 is 0 Å². The van der Waals surface area contributed by atoms with Crippen LogP contribution >= 0.6 is 0 Å². The Bertz CT molecular complexity index is 275. The number of hydrogen-bond donors (Lipinski definition) is 1. The summed E-state index contributed by atoms with van der Waals surface area (Å²) in [6.07, 6.45) is 2.96. The molecule has 0 aromatic carbocycles. The second-order valence-corrected chi connectivity index (χ2v) is 3.19. The van der Waals surface area contributed by atoms with Gasteiger partial charge >= 0.3 is 0 Å². The van der Waals surface area contributed by atoms with Gasteiger partial charge in [-0.2, -0.15) is 0 Å². The largest absolute Gasteiger partial charge is 0.392 e. The molecule has 1 heterocycles. The van der Waals surface area contributed by atoms with E-state index in [2.05, 4.69) is 9.97 Å². The van der Waals surface area contributed by atoms with Crippen LogP contribution in [0.25, 0.3) is 0 Å². The summed E-state index contributed by atoms with van der Waals surface area (Å²) in [4.78, 5) is 10.2. The van der Waals surface area contributed by atoms with E-state index in [1.54, 1.807) is 19.3 Å². The minimum atomic E-state index is -0.355. The van der Waals surface area contributed by atoms with E-state index in [4.69, 9.17) is 0 Å². The van der Waals surface area contributed by atoms with Crippen molar-refractivity contribution < 1.29 is 5.11 Å². The molecule has 1 N–H and O–H groups in total. The fraction of sp³-hybridized carbons (Fsp3) is 0.556. The maximum atomic E-state index is 9.19. The van der Waals surface area contributed by atoms with Gasteiger partial charge in [0, 0.05) is 26.0 Å².